The average molecular weight is 1030 g/mol. The summed E-state index contributed by atoms with van der Waals surface area (Å²) in [6.45, 7) is 0.459. The van der Waals surface area contributed by atoms with Crippen LogP contribution in [0.4, 0.5) is 39.5 Å². The number of carbonyl (C=O) groups excluding carboxylic acids is 3. The molecule has 0 atom stereocenters. The van der Waals surface area contributed by atoms with Crippen molar-refractivity contribution in [3.8, 4) is 33.4 Å². The van der Waals surface area contributed by atoms with Gasteiger partial charge in [-0.05, 0) is 126 Å². The van der Waals surface area contributed by atoms with Crippen molar-refractivity contribution in [2.45, 2.75) is 80.7 Å². The summed E-state index contributed by atoms with van der Waals surface area (Å²) in [6.07, 6.45) is -11.8. The highest BCUT2D eigenvalue weighted by atomic mass is 19.4. The summed E-state index contributed by atoms with van der Waals surface area (Å²) in [7, 11) is 0. The van der Waals surface area contributed by atoms with E-state index in [-0.39, 0.29) is 25.1 Å². The minimum absolute atomic E-state index is 0.129. The molecule has 0 aliphatic heterocycles. The summed E-state index contributed by atoms with van der Waals surface area (Å²) in [5.74, 6) is -1.88. The number of alkyl halides is 9. The molecule has 0 aromatic heterocycles. The van der Waals surface area contributed by atoms with Crippen LogP contribution >= 0.6 is 0 Å². The second kappa shape index (κ2) is 22.3. The molecular weight excluding hydrogens is 972 g/mol. The minimum Gasteiger partial charge on any atom is -0.355 e. The van der Waals surface area contributed by atoms with Gasteiger partial charge in [-0.3, -0.25) is 14.4 Å². The normalized spacial score (nSPS) is 14.2. The lowest BCUT2D eigenvalue weighted by Gasteiger charge is -2.32. The van der Waals surface area contributed by atoms with Crippen LogP contribution in [0.25, 0.3) is 33.4 Å². The van der Waals surface area contributed by atoms with Crippen molar-refractivity contribution in [1.82, 2.24) is 20.9 Å². The van der Waals surface area contributed by atoms with Gasteiger partial charge in [0.05, 0.1) is 12.0 Å². The summed E-state index contributed by atoms with van der Waals surface area (Å²) in [6, 6.07) is 39.0. The van der Waals surface area contributed by atoms with Crippen molar-refractivity contribution >= 4 is 17.7 Å². The van der Waals surface area contributed by atoms with Crippen LogP contribution in [-0.2, 0) is 26.6 Å². The molecule has 3 amide bonds. The fraction of sp³-hybridized carbons (Fsp3) is 0.328. The standard InChI is InChI=1S/C58H55F9N4O3/c59-56(60,61)37-55(49-25-10-6-20-44(49)45-21-7-11-26-50(45)55)53(74)69-32-13-1-14-34-71(36-16-33-68-51(72)46-22-3-2-17-41(46)39-27-29-40(30-28-39)58(65,66)67)35-15-12-31-54(52(73)70-38-57(62,63)64)47-23-8-4-18-42(47)43-19-5-9-24-48(43)54/h2-11,17-30H,1,12-16,31-38H2,(H,68,72)(H,69,74)(H,70,73). The zero-order valence-corrected chi connectivity index (χ0v) is 40.3. The molecule has 2 aliphatic rings. The van der Waals surface area contributed by atoms with Crippen LogP contribution in [0, 0.1) is 0 Å². The van der Waals surface area contributed by atoms with Crippen LogP contribution in [0.2, 0.25) is 0 Å². The van der Waals surface area contributed by atoms with Gasteiger partial charge in [0, 0.05) is 18.7 Å². The number of halogens is 9. The summed E-state index contributed by atoms with van der Waals surface area (Å²) in [4.78, 5) is 43.9. The lowest BCUT2D eigenvalue weighted by molar-refractivity contribution is -0.155. The fourth-order valence-electron chi connectivity index (χ4n) is 10.8. The van der Waals surface area contributed by atoms with Crippen LogP contribution in [0.15, 0.2) is 146 Å². The van der Waals surface area contributed by atoms with Gasteiger partial charge in [-0.1, -0.05) is 140 Å². The van der Waals surface area contributed by atoms with Gasteiger partial charge >= 0.3 is 18.5 Å². The molecule has 0 radical (unpaired) electrons. The third-order valence-electron chi connectivity index (χ3n) is 14.2. The topological polar surface area (TPSA) is 90.5 Å². The Kier molecular flexibility index (Phi) is 16.1. The first-order chi connectivity index (χ1) is 35.3. The van der Waals surface area contributed by atoms with Crippen LogP contribution in [0.1, 0.15) is 89.5 Å². The van der Waals surface area contributed by atoms with Crippen LogP contribution in [0.5, 0.6) is 0 Å². The smallest absolute Gasteiger partial charge is 0.355 e. The van der Waals surface area contributed by atoms with Gasteiger partial charge in [0.2, 0.25) is 11.8 Å². The summed E-state index contributed by atoms with van der Waals surface area (Å²) in [5, 5.41) is 7.93. The van der Waals surface area contributed by atoms with E-state index >= 15 is 0 Å². The van der Waals surface area contributed by atoms with E-state index < -0.39 is 65.6 Å². The van der Waals surface area contributed by atoms with Gasteiger partial charge in [-0.2, -0.15) is 39.5 Å². The number of nitrogens with one attached hydrogen (secondary N) is 3. The van der Waals surface area contributed by atoms with E-state index in [1.54, 1.807) is 97.1 Å². The van der Waals surface area contributed by atoms with Crippen molar-refractivity contribution in [2.75, 3.05) is 39.3 Å². The van der Waals surface area contributed by atoms with Crippen LogP contribution < -0.4 is 16.0 Å². The van der Waals surface area contributed by atoms with E-state index in [1.165, 1.54) is 12.1 Å². The average Bonchev–Trinajstić information content (AvgIpc) is 3.83. The molecule has 0 fully saturated rings. The number of hydrogen-bond acceptors (Lipinski definition) is 4. The van der Waals surface area contributed by atoms with E-state index in [1.807, 2.05) is 24.3 Å². The maximum atomic E-state index is 14.4. The van der Waals surface area contributed by atoms with Crippen molar-refractivity contribution in [1.29, 1.82) is 0 Å². The maximum Gasteiger partial charge on any atom is 0.416 e. The molecule has 7 nitrogen and oxygen atoms in total. The van der Waals surface area contributed by atoms with E-state index in [2.05, 4.69) is 20.9 Å². The quantitative estimate of drug-likeness (QED) is 0.0495. The summed E-state index contributed by atoms with van der Waals surface area (Å²) >= 11 is 0. The Hall–Kier alpha value is -6.94. The second-order valence-electron chi connectivity index (χ2n) is 18.9. The van der Waals surface area contributed by atoms with Gasteiger partial charge < -0.3 is 20.9 Å². The molecule has 0 saturated carbocycles. The Balaban J connectivity index is 0.928. The number of rotatable bonds is 21. The minimum atomic E-state index is -4.65. The van der Waals surface area contributed by atoms with Crippen molar-refractivity contribution in [2.24, 2.45) is 0 Å². The number of benzene rings is 6. The van der Waals surface area contributed by atoms with Crippen LogP contribution in [0.3, 0.4) is 0 Å². The Morgan fingerprint density at radius 3 is 1.39 bits per heavy atom. The van der Waals surface area contributed by atoms with Gasteiger partial charge in [-0.15, -0.1) is 0 Å². The number of hydrogen-bond donors (Lipinski definition) is 3. The highest BCUT2D eigenvalue weighted by Gasteiger charge is 2.55. The number of unbranched alkanes of at least 4 members (excludes halogenated alkanes) is 3. The molecule has 0 bridgehead atoms. The largest absolute Gasteiger partial charge is 0.416 e. The molecule has 0 spiro atoms. The van der Waals surface area contributed by atoms with Crippen molar-refractivity contribution < 1.29 is 53.9 Å². The van der Waals surface area contributed by atoms with Gasteiger partial charge in [0.25, 0.3) is 5.91 Å². The molecule has 16 heteroatoms. The molecule has 388 valence electrons. The Labute approximate surface area is 423 Å². The number of fused-ring (bicyclic) bond motifs is 6. The second-order valence-corrected chi connectivity index (χ2v) is 18.9. The Morgan fingerprint density at radius 1 is 0.432 bits per heavy atom. The van der Waals surface area contributed by atoms with Gasteiger partial charge in [-0.25, -0.2) is 0 Å². The number of amides is 3. The van der Waals surface area contributed by atoms with Crippen LogP contribution in [-0.4, -0.2) is 74.2 Å². The first-order valence-corrected chi connectivity index (χ1v) is 24.7. The molecule has 0 heterocycles. The molecule has 0 unspecified atom stereocenters. The van der Waals surface area contributed by atoms with Crippen molar-refractivity contribution in [3.05, 3.63) is 179 Å². The van der Waals surface area contributed by atoms with Crippen molar-refractivity contribution in [3.63, 3.8) is 0 Å². The van der Waals surface area contributed by atoms with E-state index in [9.17, 15) is 53.9 Å². The fourth-order valence-corrected chi connectivity index (χ4v) is 10.8. The number of carbonyl (C=O) groups is 3. The first kappa shape index (κ1) is 53.4. The first-order valence-electron chi connectivity index (χ1n) is 24.7. The predicted molar refractivity (Wildman–Crippen MR) is 266 cm³/mol. The zero-order valence-electron chi connectivity index (χ0n) is 40.3. The third kappa shape index (κ3) is 11.5. The predicted octanol–water partition coefficient (Wildman–Crippen LogP) is 12.8. The molecular formula is C58H55F9N4O3. The molecule has 2 aliphatic carbocycles. The molecule has 8 rings (SSSR count). The molecule has 74 heavy (non-hydrogen) atoms. The Bertz CT molecular complexity index is 2860. The molecule has 3 N–H and O–H groups in total. The summed E-state index contributed by atoms with van der Waals surface area (Å²) in [5.41, 5.74) is 1.64. The molecule has 6 aromatic carbocycles. The monoisotopic (exact) mass is 1030 g/mol. The lowest BCUT2D eigenvalue weighted by Crippen LogP contribution is -2.47. The zero-order chi connectivity index (χ0) is 52.7. The molecule has 0 saturated heterocycles. The van der Waals surface area contributed by atoms with Gasteiger partial charge in [0.1, 0.15) is 17.4 Å². The van der Waals surface area contributed by atoms with E-state index in [0.29, 0.717) is 103 Å². The SMILES string of the molecule is O=C(NCCCN(CCCCCNC(=O)C1(CC(F)(F)F)c2ccccc2-c2ccccc21)CCCCC1(C(=O)NCC(F)(F)F)c2ccccc2-c2ccccc21)c1ccccc1-c1ccc(C(F)(F)F)cc1. The van der Waals surface area contributed by atoms with Gasteiger partial charge in [0.15, 0.2) is 0 Å². The molecule has 6 aromatic rings. The lowest BCUT2D eigenvalue weighted by atomic mass is 9.73. The highest BCUT2D eigenvalue weighted by molar-refractivity contribution is 6.02. The number of nitrogens with zero attached hydrogens (tertiary/aromatic N) is 1. The summed E-state index contributed by atoms with van der Waals surface area (Å²) < 4.78 is 123. The maximum absolute atomic E-state index is 14.4. The van der Waals surface area contributed by atoms with E-state index in [0.717, 1.165) is 23.3 Å². The van der Waals surface area contributed by atoms with E-state index in [4.69, 9.17) is 0 Å². The third-order valence-corrected chi connectivity index (χ3v) is 14.2. The Morgan fingerprint density at radius 2 is 0.878 bits per heavy atom. The highest BCUT2D eigenvalue weighted by Crippen LogP contribution is 2.54.